The Hall–Kier alpha value is -0.528. The van der Waals surface area contributed by atoms with Gasteiger partial charge < -0.3 is 3.79 Å². The van der Waals surface area contributed by atoms with Crippen molar-refractivity contribution in [3.05, 3.63) is 0 Å². The first kappa shape index (κ1) is 28.7. The molecular formula is C8H2AlCuF15O2. The summed E-state index contributed by atoms with van der Waals surface area (Å²) in [6.45, 7) is 0. The molecule has 0 aromatic heterocycles. The van der Waals surface area contributed by atoms with Gasteiger partial charge in [-0.1, -0.05) is 0 Å². The molecule has 1 radical (unpaired) electrons. The van der Waals surface area contributed by atoms with Crippen molar-refractivity contribution in [2.45, 2.75) is 41.7 Å². The molecule has 0 aromatic carbocycles. The third-order valence-electron chi connectivity index (χ3n) is 2.77. The van der Waals surface area contributed by atoms with Gasteiger partial charge in [0.25, 0.3) is 0 Å². The maximum absolute atomic E-state index is 13.0. The Morgan fingerprint density at radius 2 is 0.815 bits per heavy atom. The van der Waals surface area contributed by atoms with Crippen molar-refractivity contribution in [1.29, 1.82) is 0 Å². The van der Waals surface area contributed by atoms with E-state index in [0.717, 1.165) is 0 Å². The quantitative estimate of drug-likeness (QED) is 0.409. The number of alkyl halides is 15. The number of halogens is 15. The molecule has 0 saturated heterocycles. The van der Waals surface area contributed by atoms with Gasteiger partial charge >= 0.3 is 64.3 Å². The van der Waals surface area contributed by atoms with Crippen LogP contribution >= 0.6 is 0 Å². The zero-order chi connectivity index (χ0) is 21.8. The molecule has 0 bridgehead atoms. The Labute approximate surface area is 156 Å². The van der Waals surface area contributed by atoms with Gasteiger partial charge in [0.05, 0.1) is 0 Å². The molecular weight excluding hydrogens is 504 g/mol. The van der Waals surface area contributed by atoms with E-state index in [4.69, 9.17) is 0 Å². The van der Waals surface area contributed by atoms with Crippen molar-refractivity contribution >= 4 is 22.6 Å². The van der Waals surface area contributed by atoms with E-state index < -0.39 is 64.3 Å². The van der Waals surface area contributed by atoms with Crippen LogP contribution in [0.4, 0.5) is 65.9 Å². The van der Waals surface area contributed by atoms with E-state index in [1.165, 1.54) is 0 Å². The van der Waals surface area contributed by atoms with Crippen molar-refractivity contribution in [3.8, 4) is 0 Å². The molecule has 0 rings (SSSR count). The van der Waals surface area contributed by atoms with Crippen LogP contribution in [0.5, 0.6) is 0 Å². The Bertz CT molecular complexity index is 557. The zero-order valence-corrected chi connectivity index (χ0v) is 14.7. The first-order chi connectivity index (χ1) is 11.0. The van der Waals surface area contributed by atoms with Crippen molar-refractivity contribution < 1.29 is 91.5 Å². The van der Waals surface area contributed by atoms with Gasteiger partial charge in [-0.2, -0.15) is 65.9 Å². The van der Waals surface area contributed by atoms with E-state index in [2.05, 4.69) is 3.79 Å². The average molecular weight is 506 g/mol. The van der Waals surface area contributed by atoms with Crippen LogP contribution in [0.25, 0.3) is 0 Å². The zero-order valence-electron chi connectivity index (χ0n) is 11.8. The van der Waals surface area contributed by atoms with Crippen LogP contribution in [-0.2, 0) is 25.7 Å². The molecule has 0 saturated carbocycles. The average Bonchev–Trinajstić information content (AvgIpc) is 2.43. The molecule has 0 heterocycles. The molecule has 0 aromatic rings. The van der Waals surface area contributed by atoms with Crippen LogP contribution in [-0.4, -0.2) is 64.3 Å². The summed E-state index contributed by atoms with van der Waals surface area (Å²) in [6.07, 6.45) is -7.66. The van der Waals surface area contributed by atoms with Crippen LogP contribution in [0.15, 0.2) is 0 Å². The van der Waals surface area contributed by atoms with Gasteiger partial charge in [-0.25, -0.2) is 4.79 Å². The molecule has 165 valence electrons. The molecule has 0 aliphatic rings. The fourth-order valence-electron chi connectivity index (χ4n) is 1.22. The van der Waals surface area contributed by atoms with Crippen molar-refractivity contribution in [3.63, 3.8) is 0 Å². The topological polar surface area (TPSA) is 26.3 Å². The molecule has 0 aliphatic heterocycles. The fourth-order valence-corrected chi connectivity index (χ4v) is 1.48. The van der Waals surface area contributed by atoms with Gasteiger partial charge in [0.2, 0.25) is 0 Å². The second-order valence-corrected chi connectivity index (χ2v) is 4.84. The Balaban J connectivity index is 0. The number of carbonyl (C=O) groups is 1. The predicted octanol–water partition coefficient (Wildman–Crippen LogP) is 3.45. The van der Waals surface area contributed by atoms with Crippen LogP contribution < -0.4 is 0 Å². The van der Waals surface area contributed by atoms with Gasteiger partial charge in [0.15, 0.2) is 0 Å². The summed E-state index contributed by atoms with van der Waals surface area (Å²) < 4.78 is 192. The van der Waals surface area contributed by atoms with Gasteiger partial charge in [0, 0.05) is 17.1 Å². The second kappa shape index (κ2) is 7.38. The van der Waals surface area contributed by atoms with Gasteiger partial charge in [-0.3, -0.25) is 0 Å². The predicted molar refractivity (Wildman–Crippen MR) is 50.4 cm³/mol. The van der Waals surface area contributed by atoms with Crippen molar-refractivity contribution in [2.24, 2.45) is 0 Å². The summed E-state index contributed by atoms with van der Waals surface area (Å²) in [5.41, 5.74) is 0. The molecule has 2 nitrogen and oxygen atoms in total. The molecule has 0 fully saturated rings. The van der Waals surface area contributed by atoms with E-state index in [1.807, 2.05) is 0 Å². The minimum Gasteiger partial charge on any atom is -0.617 e. The summed E-state index contributed by atoms with van der Waals surface area (Å²) >= 11 is -1.22. The maximum atomic E-state index is 13.0. The molecule has 0 aliphatic carbocycles. The fraction of sp³-hybridized carbons (Fsp3) is 0.875. The molecule has 0 N–H and O–H groups in total. The van der Waals surface area contributed by atoms with E-state index in [1.54, 1.807) is 0 Å². The van der Waals surface area contributed by atoms with Crippen LogP contribution in [0, 0.1) is 0 Å². The summed E-state index contributed by atoms with van der Waals surface area (Å²) in [7, 11) is 0. The summed E-state index contributed by atoms with van der Waals surface area (Å²) in [6, 6.07) is 0. The molecule has 0 unspecified atom stereocenters. The number of hydrogen-bond donors (Lipinski definition) is 0. The van der Waals surface area contributed by atoms with Gasteiger partial charge in [-0.15, -0.1) is 0 Å². The number of rotatable bonds is 6. The van der Waals surface area contributed by atoms with Crippen LogP contribution in [0.1, 0.15) is 0 Å². The van der Waals surface area contributed by atoms with E-state index in [0.29, 0.717) is 0 Å². The van der Waals surface area contributed by atoms with Crippen LogP contribution in [0.3, 0.4) is 0 Å². The largest absolute Gasteiger partial charge is 0.617 e. The van der Waals surface area contributed by atoms with Gasteiger partial charge in [-0.05, 0) is 0 Å². The van der Waals surface area contributed by atoms with Crippen molar-refractivity contribution in [2.75, 3.05) is 0 Å². The van der Waals surface area contributed by atoms with E-state index >= 15 is 0 Å². The second-order valence-electron chi connectivity index (χ2n) is 4.44. The van der Waals surface area contributed by atoms with E-state index in [-0.39, 0.29) is 17.1 Å². The van der Waals surface area contributed by atoms with Crippen molar-refractivity contribution in [1.82, 2.24) is 0 Å². The minimum absolute atomic E-state index is 0. The molecule has 0 atom stereocenters. The van der Waals surface area contributed by atoms with Gasteiger partial charge in [0.1, 0.15) is 0 Å². The summed E-state index contributed by atoms with van der Waals surface area (Å²) in [5.74, 6) is -51.5. The third-order valence-corrected chi connectivity index (χ3v) is 3.14. The summed E-state index contributed by atoms with van der Waals surface area (Å²) in [4.78, 5) is 10.3. The third kappa shape index (κ3) is 3.71. The minimum atomic E-state index is -8.41. The SMILES string of the molecule is O=C([O][AlH2])C(F)(F)C(F)(F)C(F)(F)C(F)(F)C(F)(F)C(F)(F)C(F)(F)F.[Cu]. The Morgan fingerprint density at radius 1 is 0.556 bits per heavy atom. The Kier molecular flexibility index (Phi) is 7.84. The molecule has 19 heteroatoms. The van der Waals surface area contributed by atoms with Crippen LogP contribution in [0.2, 0.25) is 0 Å². The molecule has 0 amide bonds. The van der Waals surface area contributed by atoms with E-state index in [9.17, 15) is 70.7 Å². The molecule has 0 spiro atoms. The number of hydrogen-bond acceptors (Lipinski definition) is 2. The number of carbonyl (C=O) groups excluding carboxylic acids is 1. The Morgan fingerprint density at radius 3 is 1.07 bits per heavy atom. The summed E-state index contributed by atoms with van der Waals surface area (Å²) in [5, 5.41) is 0. The standard InChI is InChI=1S/C8HF15O2.Al.Cu.2H/c9-2(10,1(24)25)3(11,12)4(13,14)5(15,16)6(17,18)7(19,20)8(21,22)23;;;;/h(H,24,25);;;;/q;+1;;;/p-1. The first-order valence-electron chi connectivity index (χ1n) is 5.40. The maximum Gasteiger partial charge on any atom is 0.499 e. The monoisotopic (exact) mass is 505 g/mol. The smallest absolute Gasteiger partial charge is 0.499 e. The normalized spacial score (nSPS) is 15.2. The first-order valence-corrected chi connectivity index (χ1v) is 6.22. The molecule has 27 heavy (non-hydrogen) atoms.